The average molecular weight is 210 g/mol. The Morgan fingerprint density at radius 1 is 1.27 bits per heavy atom. The van der Waals surface area contributed by atoms with Crippen LogP contribution in [-0.4, -0.2) is 36.6 Å². The number of nitrogens with zero attached hydrogens (tertiary/aromatic N) is 1. The lowest BCUT2D eigenvalue weighted by atomic mass is 9.86. The molecule has 15 heavy (non-hydrogen) atoms. The summed E-state index contributed by atoms with van der Waals surface area (Å²) in [5.41, 5.74) is 0.528. The third kappa shape index (κ3) is 2.54. The van der Waals surface area contributed by atoms with Crippen molar-refractivity contribution in [3.63, 3.8) is 0 Å². The van der Waals surface area contributed by atoms with Gasteiger partial charge in [-0.3, -0.25) is 4.90 Å². The van der Waals surface area contributed by atoms with Crippen LogP contribution in [0.25, 0.3) is 0 Å². The van der Waals surface area contributed by atoms with Gasteiger partial charge in [-0.05, 0) is 45.1 Å². The summed E-state index contributed by atoms with van der Waals surface area (Å²) in [5, 5.41) is 3.51. The highest BCUT2D eigenvalue weighted by molar-refractivity contribution is 4.90. The summed E-state index contributed by atoms with van der Waals surface area (Å²) in [6, 6.07) is 1.59. The van der Waals surface area contributed by atoms with Gasteiger partial charge in [0, 0.05) is 25.2 Å². The SMILES string of the molecule is CC1CCCC(C)N1CC1(C)CCNC1. The van der Waals surface area contributed by atoms with Crippen molar-refractivity contribution in [2.75, 3.05) is 19.6 Å². The second-order valence-electron chi connectivity index (χ2n) is 6.04. The van der Waals surface area contributed by atoms with E-state index in [1.165, 1.54) is 45.3 Å². The second kappa shape index (κ2) is 4.42. The maximum absolute atomic E-state index is 3.51. The number of nitrogens with one attached hydrogen (secondary N) is 1. The van der Waals surface area contributed by atoms with Gasteiger partial charge in [-0.25, -0.2) is 0 Å². The Kier molecular flexibility index (Phi) is 3.36. The zero-order chi connectivity index (χ0) is 10.9. The molecule has 3 atom stereocenters. The highest BCUT2D eigenvalue weighted by Crippen LogP contribution is 2.31. The molecular formula is C13H26N2. The fraction of sp³-hybridized carbons (Fsp3) is 1.00. The van der Waals surface area contributed by atoms with E-state index in [2.05, 4.69) is 31.0 Å². The van der Waals surface area contributed by atoms with Crippen molar-refractivity contribution in [2.45, 2.75) is 58.5 Å². The molecule has 2 aliphatic rings. The van der Waals surface area contributed by atoms with Gasteiger partial charge < -0.3 is 5.32 Å². The Morgan fingerprint density at radius 2 is 1.93 bits per heavy atom. The standard InChI is InChI=1S/C13H26N2/c1-11-5-4-6-12(2)15(11)10-13(3)7-8-14-9-13/h11-12,14H,4-10H2,1-3H3. The van der Waals surface area contributed by atoms with Crippen LogP contribution in [0.4, 0.5) is 0 Å². The van der Waals surface area contributed by atoms with Crippen molar-refractivity contribution in [3.8, 4) is 0 Å². The maximum atomic E-state index is 3.51. The Labute approximate surface area is 94.4 Å². The monoisotopic (exact) mass is 210 g/mol. The minimum Gasteiger partial charge on any atom is -0.316 e. The van der Waals surface area contributed by atoms with Crippen LogP contribution in [0.15, 0.2) is 0 Å². The molecule has 0 radical (unpaired) electrons. The van der Waals surface area contributed by atoms with Crippen LogP contribution in [0, 0.1) is 5.41 Å². The first-order valence-electron chi connectivity index (χ1n) is 6.57. The molecule has 0 saturated carbocycles. The van der Waals surface area contributed by atoms with Crippen LogP contribution in [0.5, 0.6) is 0 Å². The van der Waals surface area contributed by atoms with Crippen molar-refractivity contribution in [2.24, 2.45) is 5.41 Å². The number of hydrogen-bond donors (Lipinski definition) is 1. The molecule has 0 aromatic heterocycles. The first kappa shape index (κ1) is 11.4. The first-order chi connectivity index (χ1) is 7.11. The molecule has 2 fully saturated rings. The third-order valence-corrected chi connectivity index (χ3v) is 4.40. The Bertz CT molecular complexity index is 199. The molecule has 3 unspecified atom stereocenters. The van der Waals surface area contributed by atoms with E-state index in [4.69, 9.17) is 0 Å². The number of likely N-dealkylation sites (tertiary alicyclic amines) is 1. The van der Waals surface area contributed by atoms with E-state index in [9.17, 15) is 0 Å². The lowest BCUT2D eigenvalue weighted by Crippen LogP contribution is -2.49. The molecule has 0 aliphatic carbocycles. The summed E-state index contributed by atoms with van der Waals surface area (Å²) in [5.74, 6) is 0. The average Bonchev–Trinajstić information content (AvgIpc) is 2.60. The molecule has 2 nitrogen and oxygen atoms in total. The van der Waals surface area contributed by atoms with Gasteiger partial charge in [0.2, 0.25) is 0 Å². The van der Waals surface area contributed by atoms with E-state index in [1.54, 1.807) is 0 Å². The van der Waals surface area contributed by atoms with Gasteiger partial charge in [-0.15, -0.1) is 0 Å². The van der Waals surface area contributed by atoms with Gasteiger partial charge in [-0.2, -0.15) is 0 Å². The van der Waals surface area contributed by atoms with Crippen LogP contribution in [-0.2, 0) is 0 Å². The summed E-state index contributed by atoms with van der Waals surface area (Å²) < 4.78 is 0. The van der Waals surface area contributed by atoms with Gasteiger partial charge in [-0.1, -0.05) is 13.3 Å². The maximum Gasteiger partial charge on any atom is 0.00699 e. The molecule has 2 saturated heterocycles. The lowest BCUT2D eigenvalue weighted by Gasteiger charge is -2.43. The van der Waals surface area contributed by atoms with Crippen molar-refractivity contribution in [1.82, 2.24) is 10.2 Å². The molecule has 88 valence electrons. The van der Waals surface area contributed by atoms with Gasteiger partial charge in [0.1, 0.15) is 0 Å². The van der Waals surface area contributed by atoms with Crippen LogP contribution >= 0.6 is 0 Å². The Hall–Kier alpha value is -0.0800. The van der Waals surface area contributed by atoms with Crippen molar-refractivity contribution in [1.29, 1.82) is 0 Å². The molecular weight excluding hydrogens is 184 g/mol. The minimum absolute atomic E-state index is 0.528. The van der Waals surface area contributed by atoms with E-state index >= 15 is 0 Å². The summed E-state index contributed by atoms with van der Waals surface area (Å²) in [4.78, 5) is 2.75. The van der Waals surface area contributed by atoms with Gasteiger partial charge >= 0.3 is 0 Å². The second-order valence-corrected chi connectivity index (χ2v) is 6.04. The number of hydrogen-bond acceptors (Lipinski definition) is 2. The van der Waals surface area contributed by atoms with Gasteiger partial charge in [0.15, 0.2) is 0 Å². The minimum atomic E-state index is 0.528. The highest BCUT2D eigenvalue weighted by Gasteiger charge is 2.34. The van der Waals surface area contributed by atoms with Gasteiger partial charge in [0.05, 0.1) is 0 Å². The lowest BCUT2D eigenvalue weighted by molar-refractivity contribution is 0.0608. The van der Waals surface area contributed by atoms with Crippen molar-refractivity contribution in [3.05, 3.63) is 0 Å². The van der Waals surface area contributed by atoms with Crippen LogP contribution in [0.3, 0.4) is 0 Å². The molecule has 0 aromatic rings. The zero-order valence-electron chi connectivity index (χ0n) is 10.6. The van der Waals surface area contributed by atoms with Gasteiger partial charge in [0.25, 0.3) is 0 Å². The smallest absolute Gasteiger partial charge is 0.00699 e. The topological polar surface area (TPSA) is 15.3 Å². The predicted molar refractivity (Wildman–Crippen MR) is 65.1 cm³/mol. The normalized spacial score (nSPS) is 43.4. The third-order valence-electron chi connectivity index (χ3n) is 4.40. The highest BCUT2D eigenvalue weighted by atomic mass is 15.2. The molecule has 0 amide bonds. The largest absolute Gasteiger partial charge is 0.316 e. The summed E-state index contributed by atoms with van der Waals surface area (Å²) in [7, 11) is 0. The Morgan fingerprint density at radius 3 is 2.47 bits per heavy atom. The van der Waals surface area contributed by atoms with Crippen molar-refractivity contribution >= 4 is 0 Å². The number of piperidine rings is 1. The molecule has 2 aliphatic heterocycles. The quantitative estimate of drug-likeness (QED) is 0.752. The summed E-state index contributed by atoms with van der Waals surface area (Å²) in [6.45, 7) is 11.0. The number of rotatable bonds is 2. The summed E-state index contributed by atoms with van der Waals surface area (Å²) >= 11 is 0. The molecule has 2 heteroatoms. The van der Waals surface area contributed by atoms with E-state index in [0.717, 1.165) is 12.1 Å². The molecule has 1 N–H and O–H groups in total. The Balaban J connectivity index is 1.96. The predicted octanol–water partition coefficient (Wildman–Crippen LogP) is 2.25. The molecule has 2 rings (SSSR count). The summed E-state index contributed by atoms with van der Waals surface area (Å²) in [6.07, 6.45) is 5.57. The van der Waals surface area contributed by atoms with Crippen LogP contribution < -0.4 is 5.32 Å². The van der Waals surface area contributed by atoms with Crippen molar-refractivity contribution < 1.29 is 0 Å². The molecule has 0 aromatic carbocycles. The fourth-order valence-corrected chi connectivity index (χ4v) is 3.23. The van der Waals surface area contributed by atoms with E-state index in [-0.39, 0.29) is 0 Å². The van der Waals surface area contributed by atoms with Crippen LogP contribution in [0.2, 0.25) is 0 Å². The first-order valence-corrected chi connectivity index (χ1v) is 6.57. The fourth-order valence-electron chi connectivity index (χ4n) is 3.23. The molecule has 2 heterocycles. The van der Waals surface area contributed by atoms with E-state index in [0.29, 0.717) is 5.41 Å². The van der Waals surface area contributed by atoms with Crippen LogP contribution in [0.1, 0.15) is 46.5 Å². The molecule has 0 bridgehead atoms. The molecule has 0 spiro atoms. The van der Waals surface area contributed by atoms with E-state index in [1.807, 2.05) is 0 Å². The van der Waals surface area contributed by atoms with E-state index < -0.39 is 0 Å². The zero-order valence-corrected chi connectivity index (χ0v) is 10.6.